The number of methoxy groups -OCH3 is 2. The summed E-state index contributed by atoms with van der Waals surface area (Å²) in [6.45, 7) is 2.15. The van der Waals surface area contributed by atoms with Gasteiger partial charge in [-0.2, -0.15) is 0 Å². The number of hydrogen-bond donors (Lipinski definition) is 0. The molecule has 0 aliphatic heterocycles. The normalized spacial score (nSPS) is 40.3. The highest BCUT2D eigenvalue weighted by Gasteiger charge is 2.62. The van der Waals surface area contributed by atoms with Gasteiger partial charge in [-0.3, -0.25) is 0 Å². The van der Waals surface area contributed by atoms with E-state index in [-0.39, 0.29) is 5.41 Å². The van der Waals surface area contributed by atoms with Gasteiger partial charge in [0, 0.05) is 19.6 Å². The molecule has 0 amide bonds. The first-order valence-corrected chi connectivity index (χ1v) is 6.97. The molecule has 96 valence electrons. The lowest BCUT2D eigenvalue weighted by Gasteiger charge is -2.49. The third-order valence-electron chi connectivity index (χ3n) is 5.85. The van der Waals surface area contributed by atoms with Crippen LogP contribution in [0.2, 0.25) is 0 Å². The summed E-state index contributed by atoms with van der Waals surface area (Å²) >= 11 is 0. The highest BCUT2D eigenvalue weighted by molar-refractivity contribution is 5.29. The van der Waals surface area contributed by atoms with Gasteiger partial charge in [-0.05, 0) is 50.9 Å². The maximum absolute atomic E-state index is 5.81. The van der Waals surface area contributed by atoms with Crippen molar-refractivity contribution in [3.63, 3.8) is 0 Å². The third-order valence-corrected chi connectivity index (χ3v) is 5.85. The second kappa shape index (κ2) is 3.83. The first kappa shape index (κ1) is 11.7. The van der Waals surface area contributed by atoms with Crippen molar-refractivity contribution < 1.29 is 9.47 Å². The molecule has 2 fully saturated rings. The Morgan fingerprint density at radius 2 is 2.06 bits per heavy atom. The Balaban J connectivity index is 2.03. The van der Waals surface area contributed by atoms with Crippen molar-refractivity contribution in [2.75, 3.05) is 14.2 Å². The Bertz CT molecular complexity index is 343. The van der Waals surface area contributed by atoms with Crippen LogP contribution in [-0.4, -0.2) is 20.0 Å². The van der Waals surface area contributed by atoms with Crippen LogP contribution in [0, 0.1) is 17.3 Å². The van der Waals surface area contributed by atoms with Gasteiger partial charge < -0.3 is 9.47 Å². The SMILES string of the molecule is COC(C)(OC)[C@@]12CCC[C@@H](C1)C1=CCCC12. The number of ether oxygens (including phenoxy) is 2. The molecule has 3 aliphatic rings. The van der Waals surface area contributed by atoms with Crippen molar-refractivity contribution in [3.05, 3.63) is 11.6 Å². The van der Waals surface area contributed by atoms with Gasteiger partial charge in [0.05, 0.1) is 0 Å². The van der Waals surface area contributed by atoms with Crippen molar-refractivity contribution in [3.8, 4) is 0 Å². The zero-order valence-corrected chi connectivity index (χ0v) is 11.3. The van der Waals surface area contributed by atoms with E-state index in [1.165, 1.54) is 38.5 Å². The van der Waals surface area contributed by atoms with E-state index in [0.29, 0.717) is 0 Å². The molecule has 0 saturated heterocycles. The number of fused-ring (bicyclic) bond motifs is 5. The summed E-state index contributed by atoms with van der Waals surface area (Å²) in [5.74, 6) is 1.14. The van der Waals surface area contributed by atoms with Crippen LogP contribution >= 0.6 is 0 Å². The Morgan fingerprint density at radius 1 is 1.29 bits per heavy atom. The summed E-state index contributed by atoms with van der Waals surface area (Å²) in [6.07, 6.45) is 10.4. The van der Waals surface area contributed by atoms with Crippen molar-refractivity contribution in [2.45, 2.75) is 51.2 Å². The molecular weight excluding hydrogens is 212 g/mol. The fourth-order valence-corrected chi connectivity index (χ4v) is 4.90. The van der Waals surface area contributed by atoms with E-state index >= 15 is 0 Å². The van der Waals surface area contributed by atoms with Crippen molar-refractivity contribution >= 4 is 0 Å². The molecule has 0 aromatic rings. The average Bonchev–Trinajstić information content (AvgIpc) is 2.93. The predicted octanol–water partition coefficient (Wildman–Crippen LogP) is 3.52. The van der Waals surface area contributed by atoms with Crippen LogP contribution in [0.5, 0.6) is 0 Å². The van der Waals surface area contributed by atoms with E-state index in [4.69, 9.17) is 9.47 Å². The topological polar surface area (TPSA) is 18.5 Å². The van der Waals surface area contributed by atoms with Gasteiger partial charge in [-0.25, -0.2) is 0 Å². The Kier molecular flexibility index (Phi) is 2.64. The Morgan fingerprint density at radius 3 is 2.76 bits per heavy atom. The van der Waals surface area contributed by atoms with E-state index in [9.17, 15) is 0 Å². The first-order chi connectivity index (χ1) is 8.17. The van der Waals surface area contributed by atoms with Gasteiger partial charge >= 0.3 is 0 Å². The quantitative estimate of drug-likeness (QED) is 0.551. The molecule has 2 nitrogen and oxygen atoms in total. The van der Waals surface area contributed by atoms with Crippen LogP contribution in [-0.2, 0) is 9.47 Å². The van der Waals surface area contributed by atoms with Crippen LogP contribution in [0.25, 0.3) is 0 Å². The molecule has 17 heavy (non-hydrogen) atoms. The summed E-state index contributed by atoms with van der Waals surface area (Å²) in [5.41, 5.74) is 1.98. The number of hydrogen-bond acceptors (Lipinski definition) is 2. The van der Waals surface area contributed by atoms with Gasteiger partial charge in [0.25, 0.3) is 0 Å². The zero-order chi connectivity index (χ0) is 12.1. The largest absolute Gasteiger partial charge is 0.353 e. The molecule has 2 saturated carbocycles. The molecule has 0 N–H and O–H groups in total. The number of allylic oxidation sites excluding steroid dienone is 2. The average molecular weight is 236 g/mol. The van der Waals surface area contributed by atoms with Crippen LogP contribution in [0.1, 0.15) is 45.4 Å². The highest BCUT2D eigenvalue weighted by atomic mass is 16.7. The molecule has 0 aromatic carbocycles. The van der Waals surface area contributed by atoms with Gasteiger partial charge in [0.2, 0.25) is 0 Å². The maximum Gasteiger partial charge on any atom is 0.170 e. The highest BCUT2D eigenvalue weighted by Crippen LogP contribution is 2.66. The maximum atomic E-state index is 5.81. The Labute approximate surface area is 104 Å². The molecule has 2 bridgehead atoms. The minimum Gasteiger partial charge on any atom is -0.353 e. The van der Waals surface area contributed by atoms with Crippen molar-refractivity contribution in [2.24, 2.45) is 17.3 Å². The first-order valence-electron chi connectivity index (χ1n) is 6.97. The minimum atomic E-state index is -0.406. The second-order valence-electron chi connectivity index (χ2n) is 6.14. The zero-order valence-electron chi connectivity index (χ0n) is 11.3. The molecule has 0 spiro atoms. The molecule has 3 rings (SSSR count). The van der Waals surface area contributed by atoms with Crippen LogP contribution in [0.15, 0.2) is 11.6 Å². The van der Waals surface area contributed by atoms with Crippen LogP contribution in [0.4, 0.5) is 0 Å². The fourth-order valence-electron chi connectivity index (χ4n) is 4.90. The minimum absolute atomic E-state index is 0.238. The molecular formula is C15H24O2. The molecule has 0 radical (unpaired) electrons. The standard InChI is InChI=1S/C15H24O2/c1-14(16-2,17-3)15-9-5-6-11(10-15)12-7-4-8-13(12)15/h7,11,13H,4-6,8-10H2,1-3H3/t11-,13?,15-/m0/s1. The number of rotatable bonds is 3. The fraction of sp³-hybridized carbons (Fsp3) is 0.867. The van der Waals surface area contributed by atoms with E-state index in [1.54, 1.807) is 19.8 Å². The summed E-state index contributed by atoms with van der Waals surface area (Å²) in [7, 11) is 3.61. The third kappa shape index (κ3) is 1.34. The van der Waals surface area contributed by atoms with E-state index in [1.807, 2.05) is 0 Å². The monoisotopic (exact) mass is 236 g/mol. The summed E-state index contributed by atoms with van der Waals surface area (Å²) < 4.78 is 11.6. The smallest absolute Gasteiger partial charge is 0.170 e. The van der Waals surface area contributed by atoms with Crippen LogP contribution < -0.4 is 0 Å². The van der Waals surface area contributed by atoms with Crippen molar-refractivity contribution in [1.29, 1.82) is 0 Å². The van der Waals surface area contributed by atoms with Crippen molar-refractivity contribution in [1.82, 2.24) is 0 Å². The lowest BCUT2D eigenvalue weighted by Crippen LogP contribution is -2.51. The van der Waals surface area contributed by atoms with E-state index in [2.05, 4.69) is 13.0 Å². The Hall–Kier alpha value is -0.340. The lowest BCUT2D eigenvalue weighted by atomic mass is 9.65. The van der Waals surface area contributed by atoms with Gasteiger partial charge in [0.15, 0.2) is 5.79 Å². The molecule has 0 heterocycles. The molecule has 1 unspecified atom stereocenters. The summed E-state index contributed by atoms with van der Waals surface area (Å²) in [4.78, 5) is 0. The predicted molar refractivity (Wildman–Crippen MR) is 67.6 cm³/mol. The molecule has 0 aromatic heterocycles. The van der Waals surface area contributed by atoms with Gasteiger partial charge in [0.1, 0.15) is 0 Å². The lowest BCUT2D eigenvalue weighted by molar-refractivity contribution is -0.279. The summed E-state index contributed by atoms with van der Waals surface area (Å²) in [5, 5.41) is 0. The van der Waals surface area contributed by atoms with Gasteiger partial charge in [-0.1, -0.05) is 18.1 Å². The van der Waals surface area contributed by atoms with E-state index < -0.39 is 5.79 Å². The molecule has 3 atom stereocenters. The summed E-state index contributed by atoms with van der Waals surface area (Å²) in [6, 6.07) is 0. The molecule has 3 aliphatic carbocycles. The van der Waals surface area contributed by atoms with Gasteiger partial charge in [-0.15, -0.1) is 0 Å². The second-order valence-corrected chi connectivity index (χ2v) is 6.14. The van der Waals surface area contributed by atoms with E-state index in [0.717, 1.165) is 11.8 Å². The van der Waals surface area contributed by atoms with Crippen LogP contribution in [0.3, 0.4) is 0 Å². The molecule has 2 heteroatoms.